The Bertz CT molecular complexity index is 428. The maximum Gasteiger partial charge on any atom is 0.235 e. The smallest absolute Gasteiger partial charge is 0.235 e. The summed E-state index contributed by atoms with van der Waals surface area (Å²) < 4.78 is 5.34. The molecular weight excluding hydrogens is 238 g/mol. The van der Waals surface area contributed by atoms with Crippen molar-refractivity contribution in [2.45, 2.75) is 52.0 Å². The molecule has 4 nitrogen and oxygen atoms in total. The number of hydrogen-bond acceptors (Lipinski definition) is 4. The molecule has 3 unspecified atom stereocenters. The molecule has 0 radical (unpaired) electrons. The topological polar surface area (TPSA) is 61.0 Å². The zero-order chi connectivity index (χ0) is 14.0. The van der Waals surface area contributed by atoms with E-state index < -0.39 is 0 Å². The van der Waals surface area contributed by atoms with Crippen LogP contribution >= 0.6 is 0 Å². The second-order valence-corrected chi connectivity index (χ2v) is 6.60. The Labute approximate surface area is 115 Å². The van der Waals surface area contributed by atoms with Crippen LogP contribution in [0.1, 0.15) is 51.6 Å². The van der Waals surface area contributed by atoms with E-state index in [2.05, 4.69) is 30.7 Å². The molecule has 0 amide bonds. The van der Waals surface area contributed by atoms with E-state index in [0.717, 1.165) is 18.5 Å². The Morgan fingerprint density at radius 2 is 1.89 bits per heavy atom. The van der Waals surface area contributed by atoms with Gasteiger partial charge in [0.2, 0.25) is 5.88 Å². The van der Waals surface area contributed by atoms with Crippen molar-refractivity contribution in [2.24, 2.45) is 17.1 Å². The van der Waals surface area contributed by atoms with Crippen molar-refractivity contribution >= 4 is 0 Å². The predicted molar refractivity (Wildman–Crippen MR) is 76.1 cm³/mol. The third-order valence-electron chi connectivity index (χ3n) is 4.36. The van der Waals surface area contributed by atoms with Gasteiger partial charge in [-0.3, -0.25) is 4.98 Å². The Morgan fingerprint density at radius 3 is 2.53 bits per heavy atom. The van der Waals surface area contributed by atoms with Gasteiger partial charge in [0, 0.05) is 24.4 Å². The summed E-state index contributed by atoms with van der Waals surface area (Å²) in [7, 11) is 1.64. The van der Waals surface area contributed by atoms with E-state index in [4.69, 9.17) is 10.5 Å². The second kappa shape index (κ2) is 5.45. The molecule has 0 saturated heterocycles. The number of methoxy groups -OCH3 is 1. The van der Waals surface area contributed by atoms with Gasteiger partial charge in [-0.05, 0) is 30.6 Å². The molecular formula is C15H25N3O. The molecule has 4 heteroatoms. The van der Waals surface area contributed by atoms with Gasteiger partial charge in [0.1, 0.15) is 5.69 Å². The first-order chi connectivity index (χ1) is 8.93. The number of aromatic nitrogens is 2. The van der Waals surface area contributed by atoms with Gasteiger partial charge in [-0.15, -0.1) is 0 Å². The summed E-state index contributed by atoms with van der Waals surface area (Å²) in [6.07, 6.45) is 6.71. The molecule has 0 spiro atoms. The summed E-state index contributed by atoms with van der Waals surface area (Å²) in [6, 6.07) is 0.157. The molecule has 1 aromatic rings. The minimum atomic E-state index is 0.157. The first-order valence-corrected chi connectivity index (χ1v) is 7.04. The Hall–Kier alpha value is -1.16. The summed E-state index contributed by atoms with van der Waals surface area (Å²) in [4.78, 5) is 8.73. The first kappa shape index (κ1) is 14.3. The summed E-state index contributed by atoms with van der Waals surface area (Å²) >= 11 is 0. The molecule has 1 aliphatic rings. The van der Waals surface area contributed by atoms with Gasteiger partial charge in [-0.1, -0.05) is 20.8 Å². The van der Waals surface area contributed by atoms with Gasteiger partial charge in [-0.25, -0.2) is 4.98 Å². The van der Waals surface area contributed by atoms with Gasteiger partial charge in [0.15, 0.2) is 0 Å². The zero-order valence-corrected chi connectivity index (χ0v) is 12.4. The molecule has 0 aliphatic heterocycles. The number of hydrogen-bond donors (Lipinski definition) is 1. The van der Waals surface area contributed by atoms with E-state index in [0.29, 0.717) is 17.2 Å². The van der Waals surface area contributed by atoms with Crippen LogP contribution in [0.5, 0.6) is 5.88 Å². The van der Waals surface area contributed by atoms with Crippen LogP contribution in [0.2, 0.25) is 0 Å². The fourth-order valence-electron chi connectivity index (χ4n) is 3.04. The fourth-order valence-corrected chi connectivity index (χ4v) is 3.04. The van der Waals surface area contributed by atoms with Crippen molar-refractivity contribution in [2.75, 3.05) is 7.11 Å². The lowest BCUT2D eigenvalue weighted by Crippen LogP contribution is -2.38. The van der Waals surface area contributed by atoms with Gasteiger partial charge >= 0.3 is 0 Å². The normalized spacial score (nSPS) is 28.2. The summed E-state index contributed by atoms with van der Waals surface area (Å²) in [5.74, 6) is 1.54. The van der Waals surface area contributed by atoms with Gasteiger partial charge in [0.05, 0.1) is 7.11 Å². The van der Waals surface area contributed by atoms with Gasteiger partial charge in [0.25, 0.3) is 0 Å². The van der Waals surface area contributed by atoms with Crippen LogP contribution in [0.3, 0.4) is 0 Å². The van der Waals surface area contributed by atoms with Crippen molar-refractivity contribution in [1.29, 1.82) is 0 Å². The summed E-state index contributed by atoms with van der Waals surface area (Å²) in [6.45, 7) is 6.92. The molecule has 1 heterocycles. The van der Waals surface area contributed by atoms with Crippen LogP contribution in [0.15, 0.2) is 12.4 Å². The van der Waals surface area contributed by atoms with Crippen LogP contribution in [0.4, 0.5) is 0 Å². The van der Waals surface area contributed by atoms with Crippen LogP contribution in [-0.4, -0.2) is 23.1 Å². The first-order valence-electron chi connectivity index (χ1n) is 7.04. The largest absolute Gasteiger partial charge is 0.480 e. The van der Waals surface area contributed by atoms with Crippen LogP contribution in [0, 0.1) is 11.3 Å². The third kappa shape index (κ3) is 3.06. The average Bonchev–Trinajstić information content (AvgIpc) is 2.38. The Balaban J connectivity index is 2.26. The van der Waals surface area contributed by atoms with Crippen molar-refractivity contribution in [3.8, 4) is 5.88 Å². The number of nitrogens with zero attached hydrogens (tertiary/aromatic N) is 2. The number of ether oxygens (including phenoxy) is 1. The lowest BCUT2D eigenvalue weighted by atomic mass is 9.67. The van der Waals surface area contributed by atoms with E-state index in [9.17, 15) is 0 Å². The molecule has 0 aromatic carbocycles. The average molecular weight is 263 g/mol. The van der Waals surface area contributed by atoms with E-state index >= 15 is 0 Å². The van der Waals surface area contributed by atoms with Crippen molar-refractivity contribution < 1.29 is 4.74 Å². The lowest BCUT2D eigenvalue weighted by molar-refractivity contribution is 0.151. The van der Waals surface area contributed by atoms with Crippen LogP contribution in [-0.2, 0) is 0 Å². The summed E-state index contributed by atoms with van der Waals surface area (Å²) in [5, 5.41) is 0. The Kier molecular flexibility index (Phi) is 4.09. The fraction of sp³-hybridized carbons (Fsp3) is 0.733. The highest BCUT2D eigenvalue weighted by Crippen LogP contribution is 2.44. The molecule has 0 bridgehead atoms. The van der Waals surface area contributed by atoms with Crippen molar-refractivity contribution in [3.63, 3.8) is 0 Å². The minimum Gasteiger partial charge on any atom is -0.480 e. The second-order valence-electron chi connectivity index (χ2n) is 6.60. The summed E-state index contributed by atoms with van der Waals surface area (Å²) in [5.41, 5.74) is 7.55. The predicted octanol–water partition coefficient (Wildman–Crippen LogP) is 2.74. The van der Waals surface area contributed by atoms with Crippen LogP contribution in [0.25, 0.3) is 0 Å². The monoisotopic (exact) mass is 263 g/mol. The van der Waals surface area contributed by atoms with Gasteiger partial charge in [-0.2, -0.15) is 0 Å². The Morgan fingerprint density at radius 1 is 1.21 bits per heavy atom. The number of nitrogens with two attached hydrogens (primary N) is 1. The molecule has 1 fully saturated rings. The zero-order valence-electron chi connectivity index (χ0n) is 12.4. The highest BCUT2D eigenvalue weighted by molar-refractivity contribution is 5.24. The lowest BCUT2D eigenvalue weighted by Gasteiger charge is -2.40. The molecule has 2 N–H and O–H groups in total. The molecule has 106 valence electrons. The molecule has 3 atom stereocenters. The molecule has 1 aliphatic carbocycles. The van der Waals surface area contributed by atoms with E-state index in [-0.39, 0.29) is 12.0 Å². The van der Waals surface area contributed by atoms with Gasteiger partial charge < -0.3 is 10.5 Å². The third-order valence-corrected chi connectivity index (χ3v) is 4.36. The van der Waals surface area contributed by atoms with Crippen LogP contribution < -0.4 is 10.5 Å². The molecule has 2 rings (SSSR count). The highest BCUT2D eigenvalue weighted by atomic mass is 16.5. The SMILES string of the molecule is COc1nccnc1C1CC(C(C)(C)C)CCC1N. The quantitative estimate of drug-likeness (QED) is 0.891. The minimum absolute atomic E-state index is 0.157. The van der Waals surface area contributed by atoms with E-state index in [1.54, 1.807) is 19.5 Å². The molecule has 1 saturated carbocycles. The maximum absolute atomic E-state index is 6.32. The van der Waals surface area contributed by atoms with E-state index in [1.807, 2.05) is 0 Å². The highest BCUT2D eigenvalue weighted by Gasteiger charge is 2.37. The number of rotatable bonds is 2. The maximum atomic E-state index is 6.32. The van der Waals surface area contributed by atoms with E-state index in [1.165, 1.54) is 6.42 Å². The van der Waals surface area contributed by atoms with Crippen molar-refractivity contribution in [1.82, 2.24) is 9.97 Å². The molecule has 19 heavy (non-hydrogen) atoms. The standard InChI is InChI=1S/C15H25N3O/c1-15(2,3)10-5-6-12(16)11(9-10)13-14(19-4)18-8-7-17-13/h7-8,10-12H,5-6,9,16H2,1-4H3. The van der Waals surface area contributed by atoms with Crippen molar-refractivity contribution in [3.05, 3.63) is 18.1 Å². The molecule has 1 aromatic heterocycles.